The fourth-order valence-electron chi connectivity index (χ4n) is 3.70. The van der Waals surface area contributed by atoms with Crippen molar-refractivity contribution in [1.82, 2.24) is 0 Å². The Morgan fingerprint density at radius 3 is 3.19 bits per heavy atom. The summed E-state index contributed by atoms with van der Waals surface area (Å²) in [4.78, 5) is 0. The van der Waals surface area contributed by atoms with Gasteiger partial charge in [0.1, 0.15) is 0 Å². The maximum absolute atomic E-state index is 2.40. The zero-order valence-corrected chi connectivity index (χ0v) is 9.50. The van der Waals surface area contributed by atoms with Gasteiger partial charge in [0.25, 0.3) is 0 Å². The highest BCUT2D eigenvalue weighted by Gasteiger charge is 2.32. The van der Waals surface area contributed by atoms with Crippen molar-refractivity contribution in [2.24, 2.45) is 5.92 Å². The van der Waals surface area contributed by atoms with Crippen molar-refractivity contribution >= 4 is 0 Å². The van der Waals surface area contributed by atoms with E-state index in [9.17, 15) is 0 Å². The Bertz CT molecular complexity index is 506. The SMILES string of the molecule is C1=CC2C(=C1)CC=CC1=C2CC2=C1CCC2. The van der Waals surface area contributed by atoms with Crippen LogP contribution in [0.25, 0.3) is 0 Å². The van der Waals surface area contributed by atoms with Gasteiger partial charge >= 0.3 is 0 Å². The molecule has 4 rings (SSSR count). The molecule has 0 amide bonds. The molecule has 4 aliphatic rings. The van der Waals surface area contributed by atoms with Gasteiger partial charge in [-0.2, -0.15) is 0 Å². The van der Waals surface area contributed by atoms with Crippen molar-refractivity contribution in [2.45, 2.75) is 32.1 Å². The minimum absolute atomic E-state index is 0.635. The first-order valence-electron chi connectivity index (χ1n) is 6.41. The van der Waals surface area contributed by atoms with Crippen molar-refractivity contribution in [3.8, 4) is 0 Å². The van der Waals surface area contributed by atoms with E-state index in [0.717, 1.165) is 6.42 Å². The molecule has 0 bridgehead atoms. The molecule has 1 unspecified atom stereocenters. The Hall–Kier alpha value is -1.30. The normalized spacial score (nSPS) is 30.5. The lowest BCUT2D eigenvalue weighted by molar-refractivity contribution is 0.807. The molecule has 0 fully saturated rings. The minimum Gasteiger partial charge on any atom is -0.0798 e. The Morgan fingerprint density at radius 2 is 2.19 bits per heavy atom. The average molecular weight is 208 g/mol. The standard InChI is InChI=1S/C16H16/c1-4-11-5-2-9-15-14-8-3-6-12(14)10-16(15)13(11)7-1/h1-2,4,7,9,13H,3,5-6,8,10H2. The molecule has 0 aromatic carbocycles. The highest BCUT2D eigenvalue weighted by molar-refractivity contribution is 5.59. The van der Waals surface area contributed by atoms with E-state index in [2.05, 4.69) is 30.4 Å². The fraction of sp³-hybridized carbons (Fsp3) is 0.375. The Kier molecular flexibility index (Phi) is 1.71. The maximum Gasteiger partial charge on any atom is 0.0208 e. The minimum atomic E-state index is 0.635. The lowest BCUT2D eigenvalue weighted by Crippen LogP contribution is -2.02. The van der Waals surface area contributed by atoms with E-state index in [1.54, 1.807) is 27.9 Å². The molecule has 0 saturated heterocycles. The quantitative estimate of drug-likeness (QED) is 0.558. The van der Waals surface area contributed by atoms with Gasteiger partial charge in [-0.1, -0.05) is 41.5 Å². The van der Waals surface area contributed by atoms with Crippen LogP contribution in [-0.2, 0) is 0 Å². The van der Waals surface area contributed by atoms with Gasteiger partial charge in [-0.25, -0.2) is 0 Å². The molecule has 1 atom stereocenters. The van der Waals surface area contributed by atoms with Crippen LogP contribution < -0.4 is 0 Å². The summed E-state index contributed by atoms with van der Waals surface area (Å²) < 4.78 is 0. The van der Waals surface area contributed by atoms with E-state index in [4.69, 9.17) is 0 Å². The van der Waals surface area contributed by atoms with E-state index < -0.39 is 0 Å². The molecule has 0 aromatic heterocycles. The van der Waals surface area contributed by atoms with Crippen molar-refractivity contribution in [3.05, 3.63) is 58.2 Å². The summed E-state index contributed by atoms with van der Waals surface area (Å²) in [6.45, 7) is 0. The molecule has 0 aromatic rings. The van der Waals surface area contributed by atoms with Crippen LogP contribution in [0, 0.1) is 5.92 Å². The second-order valence-electron chi connectivity index (χ2n) is 5.26. The van der Waals surface area contributed by atoms with Crippen molar-refractivity contribution in [3.63, 3.8) is 0 Å². The molecule has 0 radical (unpaired) electrons. The van der Waals surface area contributed by atoms with Crippen molar-refractivity contribution in [1.29, 1.82) is 0 Å². The summed E-state index contributed by atoms with van der Waals surface area (Å²) in [5.41, 5.74) is 8.34. The summed E-state index contributed by atoms with van der Waals surface area (Å²) in [5.74, 6) is 0.635. The van der Waals surface area contributed by atoms with Gasteiger partial charge in [0.2, 0.25) is 0 Å². The van der Waals surface area contributed by atoms with Crippen LogP contribution in [0.3, 0.4) is 0 Å². The first-order chi connectivity index (χ1) is 7.93. The van der Waals surface area contributed by atoms with E-state index in [-0.39, 0.29) is 0 Å². The molecule has 0 heteroatoms. The topological polar surface area (TPSA) is 0 Å². The van der Waals surface area contributed by atoms with Gasteiger partial charge in [-0.05, 0) is 48.8 Å². The van der Waals surface area contributed by atoms with Gasteiger partial charge in [0.15, 0.2) is 0 Å². The Labute approximate surface area is 96.7 Å². The highest BCUT2D eigenvalue weighted by Crippen LogP contribution is 2.49. The Balaban J connectivity index is 1.84. The predicted octanol–water partition coefficient (Wildman–Crippen LogP) is 4.24. The monoisotopic (exact) mass is 208 g/mol. The number of allylic oxidation sites excluding steroid dienone is 10. The molecule has 0 saturated carbocycles. The fourth-order valence-corrected chi connectivity index (χ4v) is 3.70. The second kappa shape index (κ2) is 3.10. The molecule has 0 spiro atoms. The van der Waals surface area contributed by atoms with Gasteiger partial charge in [-0.15, -0.1) is 0 Å². The summed E-state index contributed by atoms with van der Waals surface area (Å²) in [6, 6.07) is 0. The predicted molar refractivity (Wildman–Crippen MR) is 67.0 cm³/mol. The van der Waals surface area contributed by atoms with Gasteiger partial charge in [0.05, 0.1) is 0 Å². The van der Waals surface area contributed by atoms with Crippen LogP contribution in [0.4, 0.5) is 0 Å². The molecular formula is C16H16. The average Bonchev–Trinajstić information content (AvgIpc) is 2.93. The summed E-state index contributed by atoms with van der Waals surface area (Å²) in [5, 5.41) is 0. The van der Waals surface area contributed by atoms with E-state index in [0.29, 0.717) is 5.92 Å². The van der Waals surface area contributed by atoms with Crippen LogP contribution in [0.15, 0.2) is 58.2 Å². The second-order valence-corrected chi connectivity index (χ2v) is 5.26. The van der Waals surface area contributed by atoms with E-state index in [1.165, 1.54) is 25.7 Å². The molecule has 0 N–H and O–H groups in total. The van der Waals surface area contributed by atoms with Gasteiger partial charge in [-0.3, -0.25) is 0 Å². The number of hydrogen-bond acceptors (Lipinski definition) is 0. The first-order valence-corrected chi connectivity index (χ1v) is 6.41. The molecular weight excluding hydrogens is 192 g/mol. The van der Waals surface area contributed by atoms with Crippen molar-refractivity contribution in [2.75, 3.05) is 0 Å². The van der Waals surface area contributed by atoms with Gasteiger partial charge in [0, 0.05) is 5.92 Å². The molecule has 80 valence electrons. The van der Waals surface area contributed by atoms with Crippen molar-refractivity contribution < 1.29 is 0 Å². The van der Waals surface area contributed by atoms with Crippen LogP contribution in [-0.4, -0.2) is 0 Å². The van der Waals surface area contributed by atoms with Crippen LogP contribution >= 0.6 is 0 Å². The zero-order chi connectivity index (χ0) is 10.5. The smallest absolute Gasteiger partial charge is 0.0208 e. The Morgan fingerprint density at radius 1 is 1.19 bits per heavy atom. The molecule has 0 nitrogen and oxygen atoms in total. The molecule has 16 heavy (non-hydrogen) atoms. The zero-order valence-electron chi connectivity index (χ0n) is 9.50. The third-order valence-corrected chi connectivity index (χ3v) is 4.43. The summed E-state index contributed by atoms with van der Waals surface area (Å²) >= 11 is 0. The lowest BCUT2D eigenvalue weighted by atomic mass is 9.89. The van der Waals surface area contributed by atoms with Crippen LogP contribution in [0.5, 0.6) is 0 Å². The van der Waals surface area contributed by atoms with Gasteiger partial charge < -0.3 is 0 Å². The van der Waals surface area contributed by atoms with Crippen LogP contribution in [0.2, 0.25) is 0 Å². The van der Waals surface area contributed by atoms with E-state index in [1.807, 2.05) is 0 Å². The maximum atomic E-state index is 2.40. The largest absolute Gasteiger partial charge is 0.0798 e. The summed E-state index contributed by atoms with van der Waals surface area (Å²) in [6.07, 6.45) is 18.2. The highest BCUT2D eigenvalue weighted by atomic mass is 14.4. The molecule has 0 aliphatic heterocycles. The third-order valence-electron chi connectivity index (χ3n) is 4.43. The summed E-state index contributed by atoms with van der Waals surface area (Å²) in [7, 11) is 0. The van der Waals surface area contributed by atoms with E-state index >= 15 is 0 Å². The number of rotatable bonds is 0. The lowest BCUT2D eigenvalue weighted by Gasteiger charge is -2.15. The number of fused-ring (bicyclic) bond motifs is 3. The van der Waals surface area contributed by atoms with Crippen LogP contribution in [0.1, 0.15) is 32.1 Å². The molecule has 4 aliphatic carbocycles. The molecule has 0 heterocycles. The number of hydrogen-bond donors (Lipinski definition) is 0. The first kappa shape index (κ1) is 8.81. The third kappa shape index (κ3) is 1.05.